The van der Waals surface area contributed by atoms with E-state index in [9.17, 15) is 9.59 Å². The van der Waals surface area contributed by atoms with Gasteiger partial charge in [0.25, 0.3) is 0 Å². The highest BCUT2D eigenvalue weighted by Gasteiger charge is 2.14. The summed E-state index contributed by atoms with van der Waals surface area (Å²) in [5.74, 6) is -0.0937. The lowest BCUT2D eigenvalue weighted by molar-refractivity contribution is -0.121. The standard InChI is InChI=1S/C16H17N3O2S2/c1-10-7-13(11(2)23-10)14(20)3-4-15(21)17-8-12-9-19-5-6-22-16(19)18-12/h5-7,9H,3-4,8H2,1-2H3,(H,17,21). The van der Waals surface area contributed by atoms with Gasteiger partial charge < -0.3 is 5.32 Å². The van der Waals surface area contributed by atoms with Crippen LogP contribution in [0.3, 0.4) is 0 Å². The molecule has 120 valence electrons. The number of ketones is 1. The van der Waals surface area contributed by atoms with Crippen molar-refractivity contribution in [3.63, 3.8) is 0 Å². The molecular formula is C16H17N3O2S2. The number of carbonyl (C=O) groups is 2. The Morgan fingerprint density at radius 3 is 2.83 bits per heavy atom. The zero-order valence-corrected chi connectivity index (χ0v) is 14.6. The maximum absolute atomic E-state index is 12.2. The number of fused-ring (bicyclic) bond motifs is 1. The van der Waals surface area contributed by atoms with E-state index in [1.54, 1.807) is 22.7 Å². The van der Waals surface area contributed by atoms with E-state index in [0.717, 1.165) is 26.0 Å². The van der Waals surface area contributed by atoms with Crippen molar-refractivity contribution in [2.24, 2.45) is 0 Å². The molecule has 1 amide bonds. The van der Waals surface area contributed by atoms with Crippen molar-refractivity contribution in [1.82, 2.24) is 14.7 Å². The van der Waals surface area contributed by atoms with Crippen molar-refractivity contribution >= 4 is 39.3 Å². The van der Waals surface area contributed by atoms with Crippen LogP contribution in [0.25, 0.3) is 4.96 Å². The molecule has 0 bridgehead atoms. The number of Topliss-reactive ketones (excluding diaryl/α,β-unsaturated/α-hetero) is 1. The minimum Gasteiger partial charge on any atom is -0.350 e. The lowest BCUT2D eigenvalue weighted by Gasteiger charge is -2.03. The van der Waals surface area contributed by atoms with Crippen molar-refractivity contribution in [3.8, 4) is 0 Å². The third-order valence-electron chi connectivity index (χ3n) is 3.53. The lowest BCUT2D eigenvalue weighted by Crippen LogP contribution is -2.23. The molecule has 0 aliphatic carbocycles. The fourth-order valence-electron chi connectivity index (χ4n) is 2.41. The van der Waals surface area contributed by atoms with Gasteiger partial charge in [0, 0.05) is 45.9 Å². The molecule has 3 aromatic heterocycles. The molecule has 0 aromatic carbocycles. The van der Waals surface area contributed by atoms with Gasteiger partial charge in [-0.2, -0.15) is 0 Å². The zero-order valence-electron chi connectivity index (χ0n) is 13.0. The van der Waals surface area contributed by atoms with Crippen LogP contribution in [-0.4, -0.2) is 21.1 Å². The Bertz CT molecular complexity index is 831. The fourth-order valence-corrected chi connectivity index (χ4v) is 4.07. The maximum atomic E-state index is 12.2. The van der Waals surface area contributed by atoms with Crippen LogP contribution in [0.15, 0.2) is 23.8 Å². The van der Waals surface area contributed by atoms with Gasteiger partial charge in [-0.25, -0.2) is 4.98 Å². The molecule has 7 heteroatoms. The van der Waals surface area contributed by atoms with Gasteiger partial charge in [0.1, 0.15) is 0 Å². The molecule has 5 nitrogen and oxygen atoms in total. The second-order valence-electron chi connectivity index (χ2n) is 5.35. The lowest BCUT2D eigenvalue weighted by atomic mass is 10.1. The van der Waals surface area contributed by atoms with E-state index in [-0.39, 0.29) is 24.5 Å². The second-order valence-corrected chi connectivity index (χ2v) is 7.69. The largest absolute Gasteiger partial charge is 0.350 e. The van der Waals surface area contributed by atoms with Gasteiger partial charge in [-0.05, 0) is 19.9 Å². The number of nitrogens with one attached hydrogen (secondary N) is 1. The minimum absolute atomic E-state index is 0.0319. The normalized spacial score (nSPS) is 11.0. The molecule has 23 heavy (non-hydrogen) atoms. The number of thiophene rings is 1. The molecule has 0 saturated heterocycles. The molecule has 3 heterocycles. The quantitative estimate of drug-likeness (QED) is 0.696. The number of aryl methyl sites for hydroxylation is 2. The summed E-state index contributed by atoms with van der Waals surface area (Å²) in [5.41, 5.74) is 1.57. The summed E-state index contributed by atoms with van der Waals surface area (Å²) in [7, 11) is 0. The number of hydrogen-bond donors (Lipinski definition) is 1. The first-order valence-corrected chi connectivity index (χ1v) is 9.00. The van der Waals surface area contributed by atoms with Crippen LogP contribution in [0.1, 0.15) is 38.6 Å². The van der Waals surface area contributed by atoms with Gasteiger partial charge in [-0.1, -0.05) is 0 Å². The Kier molecular flexibility index (Phi) is 4.58. The first kappa shape index (κ1) is 15.9. The van der Waals surface area contributed by atoms with Crippen LogP contribution in [0.5, 0.6) is 0 Å². The van der Waals surface area contributed by atoms with Crippen molar-refractivity contribution in [2.45, 2.75) is 33.2 Å². The van der Waals surface area contributed by atoms with Gasteiger partial charge >= 0.3 is 0 Å². The predicted octanol–water partition coefficient (Wildman–Crippen LogP) is 3.35. The van der Waals surface area contributed by atoms with E-state index >= 15 is 0 Å². The number of hydrogen-bond acceptors (Lipinski definition) is 5. The zero-order chi connectivity index (χ0) is 16.4. The summed E-state index contributed by atoms with van der Waals surface area (Å²) in [6.07, 6.45) is 4.27. The number of amides is 1. The summed E-state index contributed by atoms with van der Waals surface area (Å²) in [6, 6.07) is 1.90. The van der Waals surface area contributed by atoms with E-state index in [1.807, 2.05) is 42.1 Å². The Hall–Kier alpha value is -1.99. The van der Waals surface area contributed by atoms with E-state index in [1.165, 1.54) is 0 Å². The average Bonchev–Trinajstić information content (AvgIpc) is 3.16. The van der Waals surface area contributed by atoms with E-state index in [0.29, 0.717) is 6.54 Å². The summed E-state index contributed by atoms with van der Waals surface area (Å²) in [5, 5.41) is 4.78. The SMILES string of the molecule is Cc1cc(C(=O)CCC(=O)NCc2cn3ccsc3n2)c(C)s1. The summed E-state index contributed by atoms with van der Waals surface area (Å²) >= 11 is 3.16. The molecule has 0 unspecified atom stereocenters. The van der Waals surface area contributed by atoms with Gasteiger partial charge in [0.15, 0.2) is 10.7 Å². The third kappa shape index (κ3) is 3.68. The first-order chi connectivity index (χ1) is 11.0. The molecule has 0 saturated carbocycles. The smallest absolute Gasteiger partial charge is 0.220 e. The number of nitrogens with zero attached hydrogens (tertiary/aromatic N) is 2. The number of thiazole rings is 1. The maximum Gasteiger partial charge on any atom is 0.220 e. The van der Waals surface area contributed by atoms with Gasteiger partial charge in [0.2, 0.25) is 5.91 Å². The van der Waals surface area contributed by atoms with Crippen molar-refractivity contribution in [1.29, 1.82) is 0 Å². The Morgan fingerprint density at radius 2 is 2.13 bits per heavy atom. The second kappa shape index (κ2) is 6.64. The van der Waals surface area contributed by atoms with Gasteiger partial charge in [0.05, 0.1) is 12.2 Å². The molecule has 0 aliphatic rings. The third-order valence-corrected chi connectivity index (χ3v) is 5.27. The molecule has 0 spiro atoms. The fraction of sp³-hybridized carbons (Fsp3) is 0.312. The molecule has 1 N–H and O–H groups in total. The Balaban J connectivity index is 1.48. The highest BCUT2D eigenvalue weighted by Crippen LogP contribution is 2.22. The van der Waals surface area contributed by atoms with E-state index in [4.69, 9.17) is 0 Å². The highest BCUT2D eigenvalue weighted by atomic mass is 32.1. The minimum atomic E-state index is -0.126. The topological polar surface area (TPSA) is 63.5 Å². The monoisotopic (exact) mass is 347 g/mol. The van der Waals surface area contributed by atoms with Gasteiger partial charge in [-0.3, -0.25) is 14.0 Å². The summed E-state index contributed by atoms with van der Waals surface area (Å²) in [6.45, 7) is 4.31. The molecular weight excluding hydrogens is 330 g/mol. The van der Waals surface area contributed by atoms with Gasteiger partial charge in [-0.15, -0.1) is 22.7 Å². The molecule has 0 fully saturated rings. The first-order valence-electron chi connectivity index (χ1n) is 7.31. The van der Waals surface area contributed by atoms with E-state index in [2.05, 4.69) is 10.3 Å². The Morgan fingerprint density at radius 1 is 1.30 bits per heavy atom. The molecule has 0 radical (unpaired) electrons. The van der Waals surface area contributed by atoms with Crippen molar-refractivity contribution in [2.75, 3.05) is 0 Å². The van der Waals surface area contributed by atoms with E-state index < -0.39 is 0 Å². The molecule has 3 aromatic rings. The number of carbonyl (C=O) groups excluding carboxylic acids is 2. The molecule has 0 aliphatic heterocycles. The van der Waals surface area contributed by atoms with Crippen molar-refractivity contribution < 1.29 is 9.59 Å². The molecule has 0 atom stereocenters. The molecule has 3 rings (SSSR count). The van der Waals surface area contributed by atoms with Crippen LogP contribution < -0.4 is 5.32 Å². The number of rotatable bonds is 6. The van der Waals surface area contributed by atoms with Crippen LogP contribution >= 0.6 is 22.7 Å². The van der Waals surface area contributed by atoms with Crippen LogP contribution in [0, 0.1) is 13.8 Å². The van der Waals surface area contributed by atoms with Crippen LogP contribution in [0.2, 0.25) is 0 Å². The highest BCUT2D eigenvalue weighted by molar-refractivity contribution is 7.15. The predicted molar refractivity (Wildman–Crippen MR) is 92.3 cm³/mol. The van der Waals surface area contributed by atoms with Crippen molar-refractivity contribution in [3.05, 3.63) is 44.9 Å². The number of imidazole rings is 1. The van der Waals surface area contributed by atoms with Crippen LogP contribution in [-0.2, 0) is 11.3 Å². The summed E-state index contributed by atoms with van der Waals surface area (Å²) in [4.78, 5) is 31.5. The van der Waals surface area contributed by atoms with Crippen LogP contribution in [0.4, 0.5) is 0 Å². The Labute approximate surface area is 142 Å². The average molecular weight is 347 g/mol. The number of aromatic nitrogens is 2. The summed E-state index contributed by atoms with van der Waals surface area (Å²) < 4.78 is 1.93.